The van der Waals surface area contributed by atoms with E-state index in [1.807, 2.05) is 38.1 Å². The smallest absolute Gasteiger partial charge is 0.307 e. The van der Waals surface area contributed by atoms with E-state index >= 15 is 0 Å². The van der Waals surface area contributed by atoms with E-state index in [1.54, 1.807) is 0 Å². The molecule has 0 saturated carbocycles. The summed E-state index contributed by atoms with van der Waals surface area (Å²) in [5.74, 6) is 0.850. The normalized spacial score (nSPS) is 10.9. The quantitative estimate of drug-likeness (QED) is 0.884. The van der Waals surface area contributed by atoms with Crippen LogP contribution in [0.15, 0.2) is 29.1 Å². The van der Waals surface area contributed by atoms with E-state index < -0.39 is 0 Å². The number of H-pyrrole nitrogens is 1. The van der Waals surface area contributed by atoms with Gasteiger partial charge >= 0.3 is 4.87 Å². The molecule has 0 fully saturated rings. The predicted molar refractivity (Wildman–Crippen MR) is 76.2 cm³/mol. The van der Waals surface area contributed by atoms with Crippen LogP contribution >= 0.6 is 11.3 Å². The monoisotopic (exact) mass is 279 g/mol. The van der Waals surface area contributed by atoms with Gasteiger partial charge in [0.2, 0.25) is 5.88 Å². The third-order valence-electron chi connectivity index (χ3n) is 2.64. The van der Waals surface area contributed by atoms with Crippen molar-refractivity contribution in [2.45, 2.75) is 32.8 Å². The van der Waals surface area contributed by atoms with Crippen LogP contribution in [0, 0.1) is 0 Å². The van der Waals surface area contributed by atoms with Gasteiger partial charge in [-0.1, -0.05) is 23.5 Å². The molecule has 2 rings (SSSR count). The Morgan fingerprint density at radius 3 is 2.47 bits per heavy atom. The van der Waals surface area contributed by atoms with Crippen molar-refractivity contribution in [2.75, 3.05) is 0 Å². The minimum Gasteiger partial charge on any atom is -0.494 e. The zero-order valence-corrected chi connectivity index (χ0v) is 11.8. The van der Waals surface area contributed by atoms with Crippen molar-refractivity contribution in [3.05, 3.63) is 44.4 Å². The predicted octanol–water partition coefficient (Wildman–Crippen LogP) is 2.71. The lowest BCUT2D eigenvalue weighted by Gasteiger charge is -2.09. The van der Waals surface area contributed by atoms with E-state index in [4.69, 9.17) is 4.74 Å². The number of aromatic nitrogens is 1. The zero-order valence-electron chi connectivity index (χ0n) is 11.0. The third-order valence-corrected chi connectivity index (χ3v) is 3.57. The highest BCUT2D eigenvalue weighted by atomic mass is 32.1. The molecular formula is C14H17NO3S. The van der Waals surface area contributed by atoms with Crippen LogP contribution < -0.4 is 9.61 Å². The number of thiazole rings is 1. The lowest BCUT2D eigenvalue weighted by Crippen LogP contribution is -2.05. The van der Waals surface area contributed by atoms with Gasteiger partial charge < -0.3 is 9.84 Å². The van der Waals surface area contributed by atoms with Crippen molar-refractivity contribution < 1.29 is 9.84 Å². The molecule has 0 aliphatic heterocycles. The van der Waals surface area contributed by atoms with Crippen LogP contribution in [0.1, 0.15) is 24.3 Å². The largest absolute Gasteiger partial charge is 0.494 e. The molecule has 0 amide bonds. The highest BCUT2D eigenvalue weighted by Crippen LogP contribution is 2.20. The maximum absolute atomic E-state index is 11.1. The van der Waals surface area contributed by atoms with E-state index in [-0.39, 0.29) is 16.9 Å². The molecule has 0 unspecified atom stereocenters. The Hall–Kier alpha value is -1.75. The molecule has 0 spiro atoms. The van der Waals surface area contributed by atoms with E-state index in [9.17, 15) is 9.90 Å². The Morgan fingerprint density at radius 1 is 1.26 bits per heavy atom. The second-order valence-electron chi connectivity index (χ2n) is 4.60. The van der Waals surface area contributed by atoms with Crippen LogP contribution in [-0.4, -0.2) is 16.2 Å². The Bertz CT molecular complexity index is 583. The molecule has 4 nitrogen and oxygen atoms in total. The molecule has 0 aliphatic rings. The summed E-state index contributed by atoms with van der Waals surface area (Å²) in [7, 11) is 0. The van der Waals surface area contributed by atoms with Crippen LogP contribution in [0.3, 0.4) is 0 Å². The lowest BCUT2D eigenvalue weighted by molar-refractivity contribution is 0.242. The standard InChI is InChI=1S/C14H17NO3S/c1-9(2)18-11-6-3-10(4-7-11)5-8-12-13(16)15-14(17)19-12/h3-4,6-7,9,16H,5,8H2,1-2H3,(H,15,17). The number of rotatable bonds is 5. The second kappa shape index (κ2) is 5.93. The summed E-state index contributed by atoms with van der Waals surface area (Å²) < 4.78 is 5.57. The number of ether oxygens (including phenoxy) is 1. The first-order chi connectivity index (χ1) is 9.04. The molecule has 1 aromatic heterocycles. The Morgan fingerprint density at radius 2 is 1.95 bits per heavy atom. The molecule has 0 aliphatic carbocycles. The van der Waals surface area contributed by atoms with Crippen molar-refractivity contribution in [2.24, 2.45) is 0 Å². The van der Waals surface area contributed by atoms with Gasteiger partial charge in [-0.2, -0.15) is 0 Å². The fourth-order valence-corrected chi connectivity index (χ4v) is 2.51. The van der Waals surface area contributed by atoms with Crippen LogP contribution in [0.25, 0.3) is 0 Å². The summed E-state index contributed by atoms with van der Waals surface area (Å²) in [6, 6.07) is 7.89. The van der Waals surface area contributed by atoms with Gasteiger partial charge in [0.25, 0.3) is 0 Å². The maximum Gasteiger partial charge on any atom is 0.307 e. The Labute approximate surface area is 115 Å². The van der Waals surface area contributed by atoms with Crippen molar-refractivity contribution >= 4 is 11.3 Å². The maximum atomic E-state index is 11.1. The number of hydrogen-bond donors (Lipinski definition) is 2. The molecule has 0 saturated heterocycles. The topological polar surface area (TPSA) is 62.3 Å². The highest BCUT2D eigenvalue weighted by molar-refractivity contribution is 7.09. The fourth-order valence-electron chi connectivity index (χ4n) is 1.79. The van der Waals surface area contributed by atoms with Gasteiger partial charge in [0.05, 0.1) is 11.0 Å². The van der Waals surface area contributed by atoms with Gasteiger partial charge in [-0.15, -0.1) is 0 Å². The second-order valence-corrected chi connectivity index (χ2v) is 5.66. The number of hydrogen-bond acceptors (Lipinski definition) is 4. The van der Waals surface area contributed by atoms with Crippen molar-refractivity contribution in [1.82, 2.24) is 4.98 Å². The minimum absolute atomic E-state index is 0.00485. The minimum atomic E-state index is -0.215. The molecular weight excluding hydrogens is 262 g/mol. The molecule has 19 heavy (non-hydrogen) atoms. The molecule has 2 N–H and O–H groups in total. The van der Waals surface area contributed by atoms with Gasteiger partial charge in [-0.25, -0.2) is 0 Å². The first-order valence-corrected chi connectivity index (χ1v) is 7.03. The van der Waals surface area contributed by atoms with Gasteiger partial charge in [0.1, 0.15) is 5.75 Å². The number of aromatic amines is 1. The van der Waals surface area contributed by atoms with E-state index in [0.29, 0.717) is 11.3 Å². The van der Waals surface area contributed by atoms with Crippen molar-refractivity contribution in [1.29, 1.82) is 0 Å². The van der Waals surface area contributed by atoms with E-state index in [2.05, 4.69) is 4.98 Å². The first-order valence-electron chi connectivity index (χ1n) is 6.21. The number of benzene rings is 1. The van der Waals surface area contributed by atoms with Crippen LogP contribution in [0.2, 0.25) is 0 Å². The van der Waals surface area contributed by atoms with Crippen LogP contribution in [0.5, 0.6) is 11.6 Å². The molecule has 0 radical (unpaired) electrons. The van der Waals surface area contributed by atoms with Crippen LogP contribution in [-0.2, 0) is 12.8 Å². The van der Waals surface area contributed by atoms with Crippen molar-refractivity contribution in [3.63, 3.8) is 0 Å². The van der Waals surface area contributed by atoms with E-state index in [0.717, 1.165) is 29.1 Å². The summed E-state index contributed by atoms with van der Waals surface area (Å²) in [6.07, 6.45) is 1.60. The van der Waals surface area contributed by atoms with Gasteiger partial charge in [0.15, 0.2) is 0 Å². The molecule has 0 bridgehead atoms. The fraction of sp³-hybridized carbons (Fsp3) is 0.357. The molecule has 2 aromatic rings. The molecule has 102 valence electrons. The summed E-state index contributed by atoms with van der Waals surface area (Å²) in [4.78, 5) is 13.9. The summed E-state index contributed by atoms with van der Waals surface area (Å²) >= 11 is 1.06. The molecule has 1 aromatic carbocycles. The highest BCUT2D eigenvalue weighted by Gasteiger charge is 2.06. The van der Waals surface area contributed by atoms with Crippen molar-refractivity contribution in [3.8, 4) is 11.6 Å². The van der Waals surface area contributed by atoms with Crippen LogP contribution in [0.4, 0.5) is 0 Å². The SMILES string of the molecule is CC(C)Oc1ccc(CCc2sc(=O)[nH]c2O)cc1. The number of aryl methyl sites for hydroxylation is 2. The zero-order chi connectivity index (χ0) is 13.8. The van der Waals surface area contributed by atoms with Gasteiger partial charge in [-0.05, 0) is 44.4 Å². The lowest BCUT2D eigenvalue weighted by atomic mass is 10.1. The summed E-state index contributed by atoms with van der Waals surface area (Å²) in [5.41, 5.74) is 1.15. The average Bonchev–Trinajstić information content (AvgIpc) is 2.66. The van der Waals surface area contributed by atoms with E-state index in [1.165, 1.54) is 0 Å². The summed E-state index contributed by atoms with van der Waals surface area (Å²) in [5, 5.41) is 9.49. The number of nitrogens with one attached hydrogen (secondary N) is 1. The Kier molecular flexibility index (Phi) is 4.27. The molecule has 0 atom stereocenters. The van der Waals surface area contributed by atoms with Gasteiger partial charge in [0, 0.05) is 0 Å². The summed E-state index contributed by atoms with van der Waals surface area (Å²) in [6.45, 7) is 3.98. The first kappa shape index (κ1) is 13.7. The number of aromatic hydroxyl groups is 1. The Balaban J connectivity index is 1.96. The van der Waals surface area contributed by atoms with Gasteiger partial charge in [-0.3, -0.25) is 9.78 Å². The molecule has 5 heteroatoms. The third kappa shape index (κ3) is 3.86. The molecule has 1 heterocycles. The average molecular weight is 279 g/mol.